The zero-order valence-corrected chi connectivity index (χ0v) is 12.1. The molecule has 2 aromatic rings. The molecule has 0 radical (unpaired) electrons. The third kappa shape index (κ3) is 4.22. The molecule has 2 rings (SSSR count). The van der Waals surface area contributed by atoms with Crippen LogP contribution in [0.15, 0.2) is 47.1 Å². The van der Waals surface area contributed by atoms with Crippen molar-refractivity contribution < 1.29 is 9.53 Å². The number of halogens is 2. The van der Waals surface area contributed by atoms with Crippen LogP contribution in [0.4, 0.5) is 5.69 Å². The Morgan fingerprint density at radius 3 is 2.79 bits per heavy atom. The lowest BCUT2D eigenvalue weighted by atomic mass is 10.3. The van der Waals surface area contributed by atoms with Gasteiger partial charge in [-0.25, -0.2) is 4.98 Å². The Morgan fingerprint density at radius 1 is 1.32 bits per heavy atom. The number of nitrogens with one attached hydrogen (secondary N) is 1. The molecule has 0 aliphatic heterocycles. The Labute approximate surface area is 123 Å². The fourth-order valence-corrected chi connectivity index (χ4v) is 1.84. The van der Waals surface area contributed by atoms with Crippen LogP contribution < -0.4 is 10.1 Å². The molecule has 1 amide bonds. The monoisotopic (exact) mass is 340 g/mol. The standard InChI is InChI=1S/C13H10BrClN2O2/c14-10-3-1-2-4-11(10)17-13(18)8-19-9-5-6-12(15)16-7-9/h1-7H,8H2,(H,17,18). The summed E-state index contributed by atoms with van der Waals surface area (Å²) < 4.78 is 6.10. The first kappa shape index (κ1) is 13.8. The van der Waals surface area contributed by atoms with Crippen LogP contribution in [0.2, 0.25) is 5.15 Å². The highest BCUT2D eigenvalue weighted by molar-refractivity contribution is 9.10. The van der Waals surface area contributed by atoms with Gasteiger partial charge in [0.15, 0.2) is 6.61 Å². The molecule has 1 N–H and O–H groups in total. The van der Waals surface area contributed by atoms with Crippen molar-refractivity contribution in [2.45, 2.75) is 0 Å². The third-order valence-corrected chi connectivity index (χ3v) is 3.13. The quantitative estimate of drug-likeness (QED) is 0.866. The van der Waals surface area contributed by atoms with Gasteiger partial charge >= 0.3 is 0 Å². The molecule has 0 bridgehead atoms. The van der Waals surface area contributed by atoms with Crippen LogP contribution in [0.1, 0.15) is 0 Å². The van der Waals surface area contributed by atoms with Gasteiger partial charge in [0.25, 0.3) is 5.91 Å². The van der Waals surface area contributed by atoms with Crippen LogP contribution in [0.5, 0.6) is 5.75 Å². The molecule has 98 valence electrons. The van der Waals surface area contributed by atoms with Gasteiger partial charge in [-0.15, -0.1) is 0 Å². The zero-order valence-electron chi connectivity index (χ0n) is 9.77. The van der Waals surface area contributed by atoms with Gasteiger partial charge in [-0.2, -0.15) is 0 Å². The zero-order chi connectivity index (χ0) is 13.7. The van der Waals surface area contributed by atoms with E-state index in [0.29, 0.717) is 16.6 Å². The molecule has 0 saturated heterocycles. The number of rotatable bonds is 4. The molecular formula is C13H10BrClN2O2. The normalized spacial score (nSPS) is 10.0. The Morgan fingerprint density at radius 2 is 2.11 bits per heavy atom. The van der Waals surface area contributed by atoms with Gasteiger partial charge in [-0.3, -0.25) is 4.79 Å². The van der Waals surface area contributed by atoms with E-state index < -0.39 is 0 Å². The maximum atomic E-state index is 11.7. The summed E-state index contributed by atoms with van der Waals surface area (Å²) in [5.74, 6) is 0.244. The van der Waals surface area contributed by atoms with E-state index in [-0.39, 0.29) is 12.5 Å². The van der Waals surface area contributed by atoms with Gasteiger partial charge in [0, 0.05) is 4.47 Å². The van der Waals surface area contributed by atoms with Crippen LogP contribution in [-0.4, -0.2) is 17.5 Å². The summed E-state index contributed by atoms with van der Waals surface area (Å²) >= 11 is 9.00. The molecule has 0 fully saturated rings. The van der Waals surface area contributed by atoms with Gasteiger partial charge in [-0.1, -0.05) is 23.7 Å². The first-order valence-corrected chi connectivity index (χ1v) is 6.61. The molecule has 0 atom stereocenters. The number of amides is 1. The van der Waals surface area contributed by atoms with Gasteiger partial charge in [0.05, 0.1) is 11.9 Å². The fourth-order valence-electron chi connectivity index (χ4n) is 1.35. The fraction of sp³-hybridized carbons (Fsp3) is 0.0769. The second-order valence-electron chi connectivity index (χ2n) is 3.63. The predicted molar refractivity (Wildman–Crippen MR) is 77.5 cm³/mol. The summed E-state index contributed by atoms with van der Waals surface area (Å²) in [4.78, 5) is 15.6. The molecule has 1 aromatic heterocycles. The highest BCUT2D eigenvalue weighted by Crippen LogP contribution is 2.21. The van der Waals surface area contributed by atoms with Crippen LogP contribution in [0, 0.1) is 0 Å². The predicted octanol–water partition coefficient (Wildman–Crippen LogP) is 3.52. The van der Waals surface area contributed by atoms with E-state index in [2.05, 4.69) is 26.2 Å². The lowest BCUT2D eigenvalue weighted by molar-refractivity contribution is -0.118. The number of hydrogen-bond acceptors (Lipinski definition) is 3. The number of hydrogen-bond donors (Lipinski definition) is 1. The molecule has 0 unspecified atom stereocenters. The molecule has 6 heteroatoms. The lowest BCUT2D eigenvalue weighted by Crippen LogP contribution is -2.20. The van der Waals surface area contributed by atoms with Crippen molar-refractivity contribution in [2.75, 3.05) is 11.9 Å². The van der Waals surface area contributed by atoms with Gasteiger partial charge in [0.2, 0.25) is 0 Å². The second kappa shape index (κ2) is 6.54. The van der Waals surface area contributed by atoms with E-state index in [1.165, 1.54) is 6.20 Å². The van der Waals surface area contributed by atoms with E-state index in [1.807, 2.05) is 18.2 Å². The summed E-state index contributed by atoms with van der Waals surface area (Å²) in [6.07, 6.45) is 1.47. The first-order chi connectivity index (χ1) is 9.15. The lowest BCUT2D eigenvalue weighted by Gasteiger charge is -2.08. The van der Waals surface area contributed by atoms with Crippen LogP contribution >= 0.6 is 27.5 Å². The van der Waals surface area contributed by atoms with Gasteiger partial charge < -0.3 is 10.1 Å². The van der Waals surface area contributed by atoms with E-state index in [1.54, 1.807) is 18.2 Å². The third-order valence-electron chi connectivity index (χ3n) is 2.22. The highest BCUT2D eigenvalue weighted by Gasteiger charge is 2.06. The van der Waals surface area contributed by atoms with Gasteiger partial charge in [0.1, 0.15) is 10.9 Å². The number of carbonyl (C=O) groups is 1. The number of pyridine rings is 1. The summed E-state index contributed by atoms with van der Waals surface area (Å²) in [6, 6.07) is 10.6. The number of anilines is 1. The molecule has 4 nitrogen and oxygen atoms in total. The summed E-state index contributed by atoms with van der Waals surface area (Å²) in [6.45, 7) is -0.0926. The first-order valence-electron chi connectivity index (χ1n) is 5.44. The molecule has 0 saturated carbocycles. The Hall–Kier alpha value is -1.59. The Balaban J connectivity index is 1.88. The van der Waals surface area contributed by atoms with Gasteiger partial charge in [-0.05, 0) is 40.2 Å². The van der Waals surface area contributed by atoms with E-state index in [0.717, 1.165) is 4.47 Å². The molecule has 0 spiro atoms. The Kier molecular flexibility index (Phi) is 4.76. The molecule has 1 heterocycles. The Bertz CT molecular complexity index is 575. The van der Waals surface area contributed by atoms with Crippen molar-refractivity contribution in [3.8, 4) is 5.75 Å². The average Bonchev–Trinajstić information content (AvgIpc) is 2.41. The molecular weight excluding hydrogens is 332 g/mol. The second-order valence-corrected chi connectivity index (χ2v) is 4.87. The molecule has 0 aliphatic carbocycles. The number of aromatic nitrogens is 1. The number of nitrogens with zero attached hydrogens (tertiary/aromatic N) is 1. The minimum absolute atomic E-state index is 0.0926. The maximum absolute atomic E-state index is 11.7. The number of para-hydroxylation sites is 1. The molecule has 0 aliphatic rings. The SMILES string of the molecule is O=C(COc1ccc(Cl)nc1)Nc1ccccc1Br. The van der Waals surface area contributed by atoms with E-state index >= 15 is 0 Å². The highest BCUT2D eigenvalue weighted by atomic mass is 79.9. The van der Waals surface area contributed by atoms with Crippen molar-refractivity contribution in [1.82, 2.24) is 4.98 Å². The average molecular weight is 342 g/mol. The van der Waals surface area contributed by atoms with Crippen molar-refractivity contribution in [2.24, 2.45) is 0 Å². The van der Waals surface area contributed by atoms with Crippen LogP contribution in [0.3, 0.4) is 0 Å². The minimum atomic E-state index is -0.248. The van der Waals surface area contributed by atoms with Crippen molar-refractivity contribution in [1.29, 1.82) is 0 Å². The largest absolute Gasteiger partial charge is 0.482 e. The number of ether oxygens (including phenoxy) is 1. The summed E-state index contributed by atoms with van der Waals surface area (Å²) in [5, 5.41) is 3.11. The van der Waals surface area contributed by atoms with E-state index in [4.69, 9.17) is 16.3 Å². The summed E-state index contributed by atoms with van der Waals surface area (Å²) in [5.41, 5.74) is 0.699. The van der Waals surface area contributed by atoms with Crippen molar-refractivity contribution >= 4 is 39.1 Å². The minimum Gasteiger partial charge on any atom is -0.482 e. The number of benzene rings is 1. The van der Waals surface area contributed by atoms with Crippen molar-refractivity contribution in [3.63, 3.8) is 0 Å². The van der Waals surface area contributed by atoms with Crippen LogP contribution in [0.25, 0.3) is 0 Å². The smallest absolute Gasteiger partial charge is 0.262 e. The van der Waals surface area contributed by atoms with E-state index in [9.17, 15) is 4.79 Å². The number of carbonyl (C=O) groups excluding carboxylic acids is 1. The maximum Gasteiger partial charge on any atom is 0.262 e. The topological polar surface area (TPSA) is 51.2 Å². The van der Waals surface area contributed by atoms with Crippen molar-refractivity contribution in [3.05, 3.63) is 52.2 Å². The van der Waals surface area contributed by atoms with Crippen LogP contribution in [-0.2, 0) is 4.79 Å². The molecule has 1 aromatic carbocycles. The summed E-state index contributed by atoms with van der Waals surface area (Å²) in [7, 11) is 0. The molecule has 19 heavy (non-hydrogen) atoms.